The van der Waals surface area contributed by atoms with Gasteiger partial charge in [0.05, 0.1) is 22.6 Å². The minimum Gasteiger partial charge on any atom is -0.492 e. The van der Waals surface area contributed by atoms with Crippen molar-refractivity contribution in [1.29, 1.82) is 5.26 Å². The van der Waals surface area contributed by atoms with Crippen LogP contribution in [0, 0.1) is 16.7 Å². The van der Waals surface area contributed by atoms with E-state index in [4.69, 9.17) is 15.7 Å². The fourth-order valence-corrected chi connectivity index (χ4v) is 1.80. The monoisotopic (exact) mass is 296 g/mol. The molecule has 0 amide bonds. The first kappa shape index (κ1) is 14.0. The lowest BCUT2D eigenvalue weighted by Crippen LogP contribution is -2.13. The summed E-state index contributed by atoms with van der Waals surface area (Å²) in [6, 6.07) is 8.04. The molecular formula is C13H17BrN2O. The molecule has 92 valence electrons. The van der Waals surface area contributed by atoms with Crippen molar-refractivity contribution in [3.05, 3.63) is 28.2 Å². The number of benzene rings is 1. The van der Waals surface area contributed by atoms with Gasteiger partial charge in [-0.25, -0.2) is 0 Å². The predicted octanol–water partition coefficient (Wildman–Crippen LogP) is 3.23. The molecule has 0 fully saturated rings. The number of nitrogens with two attached hydrogens (primary N) is 1. The van der Waals surface area contributed by atoms with Gasteiger partial charge in [0.2, 0.25) is 0 Å². The molecule has 0 aliphatic rings. The van der Waals surface area contributed by atoms with Gasteiger partial charge in [0.1, 0.15) is 5.75 Å². The SMILES string of the molecule is CC(C)(C#N)CCOc1ccc(CN)cc1Br. The molecule has 1 rings (SSSR count). The standard InChI is InChI=1S/C13H17BrN2O/c1-13(2,9-16)5-6-17-12-4-3-10(8-15)7-11(12)14/h3-4,7H,5-6,8,15H2,1-2H3. The fourth-order valence-electron chi connectivity index (χ4n) is 1.26. The first-order chi connectivity index (χ1) is 7.98. The summed E-state index contributed by atoms with van der Waals surface area (Å²) in [6.45, 7) is 4.85. The molecule has 0 spiro atoms. The van der Waals surface area contributed by atoms with Crippen LogP contribution in [-0.4, -0.2) is 6.61 Å². The van der Waals surface area contributed by atoms with E-state index in [0.29, 0.717) is 19.6 Å². The molecule has 3 nitrogen and oxygen atoms in total. The number of nitrogens with zero attached hydrogens (tertiary/aromatic N) is 1. The summed E-state index contributed by atoms with van der Waals surface area (Å²) >= 11 is 3.44. The van der Waals surface area contributed by atoms with Crippen LogP contribution in [0.3, 0.4) is 0 Å². The zero-order valence-electron chi connectivity index (χ0n) is 10.2. The molecule has 1 aromatic rings. The summed E-state index contributed by atoms with van der Waals surface area (Å²) in [7, 11) is 0. The molecule has 0 atom stereocenters. The minimum absolute atomic E-state index is 0.344. The van der Waals surface area contributed by atoms with Crippen molar-refractivity contribution in [2.45, 2.75) is 26.8 Å². The third-order valence-electron chi connectivity index (χ3n) is 2.52. The van der Waals surface area contributed by atoms with E-state index in [9.17, 15) is 0 Å². The number of hydrogen-bond acceptors (Lipinski definition) is 3. The number of ether oxygens (including phenoxy) is 1. The highest BCUT2D eigenvalue weighted by Crippen LogP contribution is 2.27. The van der Waals surface area contributed by atoms with Gasteiger partial charge in [-0.15, -0.1) is 0 Å². The smallest absolute Gasteiger partial charge is 0.133 e. The van der Waals surface area contributed by atoms with Crippen molar-refractivity contribution in [2.24, 2.45) is 11.1 Å². The second-order valence-electron chi connectivity index (χ2n) is 4.56. The molecule has 4 heteroatoms. The molecule has 0 heterocycles. The van der Waals surface area contributed by atoms with Crippen LogP contribution >= 0.6 is 15.9 Å². The summed E-state index contributed by atoms with van der Waals surface area (Å²) in [6.07, 6.45) is 0.703. The van der Waals surface area contributed by atoms with Crippen molar-refractivity contribution in [2.75, 3.05) is 6.61 Å². The third kappa shape index (κ3) is 4.37. The molecule has 0 aliphatic carbocycles. The fraction of sp³-hybridized carbons (Fsp3) is 0.462. The summed E-state index contributed by atoms with van der Waals surface area (Å²) in [4.78, 5) is 0. The number of nitriles is 1. The van der Waals surface area contributed by atoms with Crippen molar-refractivity contribution in [3.63, 3.8) is 0 Å². The Morgan fingerprint density at radius 3 is 2.71 bits per heavy atom. The van der Waals surface area contributed by atoms with E-state index in [1.165, 1.54) is 0 Å². The molecule has 17 heavy (non-hydrogen) atoms. The molecule has 0 saturated heterocycles. The highest BCUT2D eigenvalue weighted by Gasteiger charge is 2.16. The van der Waals surface area contributed by atoms with Crippen LogP contribution in [0.1, 0.15) is 25.8 Å². The predicted molar refractivity (Wildman–Crippen MR) is 71.5 cm³/mol. The molecular weight excluding hydrogens is 280 g/mol. The number of halogens is 1. The summed E-state index contributed by atoms with van der Waals surface area (Å²) in [5.74, 6) is 0.788. The van der Waals surface area contributed by atoms with Gasteiger partial charge in [0.25, 0.3) is 0 Å². The molecule has 0 saturated carbocycles. The molecule has 0 aromatic heterocycles. The van der Waals surface area contributed by atoms with Crippen LogP contribution in [0.5, 0.6) is 5.75 Å². The quantitative estimate of drug-likeness (QED) is 0.907. The van der Waals surface area contributed by atoms with Gasteiger partial charge in [0, 0.05) is 6.54 Å². The summed E-state index contributed by atoms with van der Waals surface area (Å²) in [5.41, 5.74) is 6.26. The number of rotatable bonds is 5. The lowest BCUT2D eigenvalue weighted by molar-refractivity contribution is 0.263. The van der Waals surface area contributed by atoms with E-state index in [0.717, 1.165) is 15.8 Å². The Morgan fingerprint density at radius 2 is 2.18 bits per heavy atom. The first-order valence-corrected chi connectivity index (χ1v) is 6.30. The van der Waals surface area contributed by atoms with Crippen LogP contribution in [-0.2, 0) is 6.54 Å². The maximum atomic E-state index is 8.89. The van der Waals surface area contributed by atoms with Crippen LogP contribution < -0.4 is 10.5 Å². The van der Waals surface area contributed by atoms with Crippen molar-refractivity contribution >= 4 is 15.9 Å². The molecule has 2 N–H and O–H groups in total. The Kier molecular flexibility index (Phi) is 4.98. The zero-order valence-corrected chi connectivity index (χ0v) is 11.8. The van der Waals surface area contributed by atoms with Crippen LogP contribution in [0.25, 0.3) is 0 Å². The Labute approximate surface area is 111 Å². The van der Waals surface area contributed by atoms with Gasteiger partial charge in [0.15, 0.2) is 0 Å². The molecule has 1 aromatic carbocycles. The van der Waals surface area contributed by atoms with E-state index in [1.807, 2.05) is 32.0 Å². The van der Waals surface area contributed by atoms with Crippen LogP contribution in [0.15, 0.2) is 22.7 Å². The van der Waals surface area contributed by atoms with Gasteiger partial charge in [-0.2, -0.15) is 5.26 Å². The van der Waals surface area contributed by atoms with E-state index < -0.39 is 0 Å². The highest BCUT2D eigenvalue weighted by atomic mass is 79.9. The zero-order chi connectivity index (χ0) is 12.9. The highest BCUT2D eigenvalue weighted by molar-refractivity contribution is 9.10. The Hall–Kier alpha value is -1.05. The topological polar surface area (TPSA) is 59.0 Å². The van der Waals surface area contributed by atoms with Gasteiger partial charge in [-0.3, -0.25) is 0 Å². The van der Waals surface area contributed by atoms with Gasteiger partial charge in [-0.1, -0.05) is 6.07 Å². The van der Waals surface area contributed by atoms with Gasteiger partial charge < -0.3 is 10.5 Å². The maximum absolute atomic E-state index is 8.89. The molecule has 0 bridgehead atoms. The minimum atomic E-state index is -0.344. The van der Waals surface area contributed by atoms with E-state index in [2.05, 4.69) is 22.0 Å². The van der Waals surface area contributed by atoms with Crippen LogP contribution in [0.4, 0.5) is 0 Å². The normalized spacial score (nSPS) is 11.0. The summed E-state index contributed by atoms with van der Waals surface area (Å²) in [5, 5.41) is 8.89. The second-order valence-corrected chi connectivity index (χ2v) is 5.42. The molecule has 0 unspecified atom stereocenters. The van der Waals surface area contributed by atoms with Gasteiger partial charge in [-0.05, 0) is 53.9 Å². The first-order valence-electron chi connectivity index (χ1n) is 5.51. The molecule has 0 aliphatic heterocycles. The van der Waals surface area contributed by atoms with Crippen molar-refractivity contribution in [1.82, 2.24) is 0 Å². The number of hydrogen-bond donors (Lipinski definition) is 1. The van der Waals surface area contributed by atoms with E-state index in [1.54, 1.807) is 0 Å². The largest absolute Gasteiger partial charge is 0.492 e. The Morgan fingerprint density at radius 1 is 1.47 bits per heavy atom. The Bertz CT molecular complexity index is 424. The van der Waals surface area contributed by atoms with E-state index in [-0.39, 0.29) is 5.41 Å². The van der Waals surface area contributed by atoms with Crippen molar-refractivity contribution < 1.29 is 4.74 Å². The van der Waals surface area contributed by atoms with Gasteiger partial charge >= 0.3 is 0 Å². The van der Waals surface area contributed by atoms with E-state index >= 15 is 0 Å². The molecule has 0 radical (unpaired) electrons. The summed E-state index contributed by atoms with van der Waals surface area (Å²) < 4.78 is 6.53. The average molecular weight is 297 g/mol. The average Bonchev–Trinajstić information content (AvgIpc) is 2.31. The Balaban J connectivity index is 2.56. The lowest BCUT2D eigenvalue weighted by Gasteiger charge is -2.16. The maximum Gasteiger partial charge on any atom is 0.133 e. The third-order valence-corrected chi connectivity index (χ3v) is 3.14. The van der Waals surface area contributed by atoms with Crippen LogP contribution in [0.2, 0.25) is 0 Å². The second kappa shape index (κ2) is 6.04. The van der Waals surface area contributed by atoms with Crippen molar-refractivity contribution in [3.8, 4) is 11.8 Å². The lowest BCUT2D eigenvalue weighted by atomic mass is 9.92.